The van der Waals surface area contributed by atoms with Crippen LogP contribution >= 0.6 is 11.8 Å². The smallest absolute Gasteiger partial charge is 0.233 e. The number of benzene rings is 1. The van der Waals surface area contributed by atoms with Gasteiger partial charge in [-0.05, 0) is 37.6 Å². The Morgan fingerprint density at radius 2 is 2.08 bits per heavy atom. The van der Waals surface area contributed by atoms with Crippen LogP contribution in [0.25, 0.3) is 11.4 Å². The van der Waals surface area contributed by atoms with Crippen molar-refractivity contribution >= 4 is 27.5 Å². The average Bonchev–Trinajstić information content (AvgIpc) is 3.11. The van der Waals surface area contributed by atoms with E-state index in [2.05, 4.69) is 15.5 Å². The largest absolute Gasteiger partial charge is 0.351 e. The van der Waals surface area contributed by atoms with Crippen molar-refractivity contribution in [3.63, 3.8) is 0 Å². The first-order chi connectivity index (χ1) is 12.2. The maximum absolute atomic E-state index is 13.0. The van der Waals surface area contributed by atoms with Gasteiger partial charge in [-0.3, -0.25) is 4.79 Å². The minimum absolute atomic E-state index is 0.0298. The highest BCUT2D eigenvalue weighted by Crippen LogP contribution is 2.25. The number of carbonyl (C=O) groups is 1. The second-order valence-corrected chi connectivity index (χ2v) is 9.59. The number of carbonyl (C=O) groups excluding carboxylic acids is 1. The minimum Gasteiger partial charge on any atom is -0.351 e. The van der Waals surface area contributed by atoms with Crippen LogP contribution in [0.2, 0.25) is 0 Å². The second kappa shape index (κ2) is 7.23. The molecule has 0 saturated carbocycles. The van der Waals surface area contributed by atoms with E-state index in [-0.39, 0.29) is 29.3 Å². The Hall–Kier alpha value is -2.14. The fourth-order valence-electron chi connectivity index (χ4n) is 2.59. The van der Waals surface area contributed by atoms with Crippen LogP contribution in [0.3, 0.4) is 0 Å². The number of amides is 1. The Morgan fingerprint density at radius 1 is 1.38 bits per heavy atom. The third-order valence-corrected chi connectivity index (χ3v) is 6.82. The first kappa shape index (κ1) is 18.6. The topological polar surface area (TPSA) is 120 Å². The summed E-state index contributed by atoms with van der Waals surface area (Å²) in [6.07, 6.45) is 0.424. The maximum atomic E-state index is 13.0. The summed E-state index contributed by atoms with van der Waals surface area (Å²) < 4.78 is 37.2. The predicted octanol–water partition coefficient (Wildman–Crippen LogP) is 0.582. The van der Waals surface area contributed by atoms with Crippen molar-refractivity contribution in [2.75, 3.05) is 17.3 Å². The van der Waals surface area contributed by atoms with Gasteiger partial charge in [-0.15, -0.1) is 10.2 Å². The van der Waals surface area contributed by atoms with Gasteiger partial charge in [0.05, 0.1) is 16.8 Å². The highest BCUT2D eigenvalue weighted by Gasteiger charge is 2.30. The van der Waals surface area contributed by atoms with Crippen LogP contribution in [0, 0.1) is 5.82 Å². The molecule has 1 saturated heterocycles. The van der Waals surface area contributed by atoms with Crippen LogP contribution in [0.1, 0.15) is 13.3 Å². The average molecular weight is 399 g/mol. The van der Waals surface area contributed by atoms with E-state index >= 15 is 0 Å². The molecule has 1 fully saturated rings. The number of hydrogen-bond donors (Lipinski definition) is 2. The van der Waals surface area contributed by atoms with Gasteiger partial charge in [0.1, 0.15) is 5.82 Å². The van der Waals surface area contributed by atoms with E-state index in [9.17, 15) is 17.6 Å². The lowest BCUT2D eigenvalue weighted by molar-refractivity contribution is -0.120. The van der Waals surface area contributed by atoms with E-state index in [4.69, 9.17) is 5.84 Å². The zero-order valence-corrected chi connectivity index (χ0v) is 15.6. The van der Waals surface area contributed by atoms with Gasteiger partial charge in [0.2, 0.25) is 11.1 Å². The van der Waals surface area contributed by atoms with Crippen molar-refractivity contribution in [1.82, 2.24) is 20.2 Å². The molecule has 3 rings (SSSR count). The molecule has 1 amide bonds. The van der Waals surface area contributed by atoms with Crippen molar-refractivity contribution in [3.05, 3.63) is 30.1 Å². The van der Waals surface area contributed by atoms with E-state index < -0.39 is 15.1 Å². The molecule has 2 aromatic rings. The van der Waals surface area contributed by atoms with Gasteiger partial charge in [0, 0.05) is 11.6 Å². The number of thioether (sulfide) groups is 1. The number of aromatic nitrogens is 3. The molecule has 11 heteroatoms. The molecule has 0 aliphatic carbocycles. The van der Waals surface area contributed by atoms with E-state index in [1.54, 1.807) is 6.92 Å². The van der Waals surface area contributed by atoms with Gasteiger partial charge in [0.15, 0.2) is 15.7 Å². The first-order valence-electron chi connectivity index (χ1n) is 7.89. The zero-order chi connectivity index (χ0) is 18.9. The molecule has 2 atom stereocenters. The molecule has 0 radical (unpaired) electrons. The Kier molecular flexibility index (Phi) is 5.19. The quantitative estimate of drug-likeness (QED) is 0.557. The number of hydrogen-bond acceptors (Lipinski definition) is 7. The normalized spacial score (nSPS) is 20.0. The molecule has 8 nitrogen and oxygen atoms in total. The Balaban J connectivity index is 1.65. The summed E-state index contributed by atoms with van der Waals surface area (Å²) in [6.45, 7) is 1.68. The molecular formula is C15H18FN5O3S2. The number of nitrogens with two attached hydrogens (primary N) is 1. The summed E-state index contributed by atoms with van der Waals surface area (Å²) in [5.41, 5.74) is 0.599. The SMILES string of the molecule is C[C@H](Sc1nnc(-c2ccc(F)cc2)n1N)C(=O)N[C@H]1CCS(=O)(=O)C1. The molecule has 3 N–H and O–H groups in total. The molecule has 1 aromatic heterocycles. The number of nitrogens with one attached hydrogen (secondary N) is 1. The van der Waals surface area contributed by atoms with Crippen LogP contribution in [0.15, 0.2) is 29.4 Å². The van der Waals surface area contributed by atoms with E-state index in [0.717, 1.165) is 11.8 Å². The van der Waals surface area contributed by atoms with Crippen molar-refractivity contribution in [2.24, 2.45) is 0 Å². The number of nitrogens with zero attached hydrogens (tertiary/aromatic N) is 3. The van der Waals surface area contributed by atoms with Crippen LogP contribution in [0.4, 0.5) is 4.39 Å². The summed E-state index contributed by atoms with van der Waals surface area (Å²) >= 11 is 1.11. The molecule has 26 heavy (non-hydrogen) atoms. The fraction of sp³-hybridized carbons (Fsp3) is 0.400. The van der Waals surface area contributed by atoms with Gasteiger partial charge in [0.25, 0.3) is 0 Å². The number of sulfone groups is 1. The molecule has 2 heterocycles. The van der Waals surface area contributed by atoms with Gasteiger partial charge in [-0.1, -0.05) is 11.8 Å². The Bertz CT molecular complexity index is 914. The summed E-state index contributed by atoms with van der Waals surface area (Å²) in [5.74, 6) is 5.74. The molecule has 140 valence electrons. The van der Waals surface area contributed by atoms with Gasteiger partial charge < -0.3 is 11.2 Å². The zero-order valence-electron chi connectivity index (χ0n) is 13.9. The van der Waals surface area contributed by atoms with Crippen molar-refractivity contribution in [2.45, 2.75) is 29.8 Å². The lowest BCUT2D eigenvalue weighted by atomic mass is 10.2. The predicted molar refractivity (Wildman–Crippen MR) is 96.1 cm³/mol. The monoisotopic (exact) mass is 399 g/mol. The van der Waals surface area contributed by atoms with E-state index in [1.807, 2.05) is 0 Å². The van der Waals surface area contributed by atoms with Crippen LogP contribution in [0.5, 0.6) is 0 Å². The van der Waals surface area contributed by atoms with Gasteiger partial charge >= 0.3 is 0 Å². The van der Waals surface area contributed by atoms with Crippen molar-refractivity contribution < 1.29 is 17.6 Å². The third-order valence-electron chi connectivity index (χ3n) is 4.00. The maximum Gasteiger partial charge on any atom is 0.233 e. The van der Waals surface area contributed by atoms with E-state index in [1.165, 1.54) is 28.9 Å². The first-order valence-corrected chi connectivity index (χ1v) is 10.6. The summed E-state index contributed by atoms with van der Waals surface area (Å²) in [5, 5.41) is 10.5. The number of rotatable bonds is 5. The Morgan fingerprint density at radius 3 is 2.69 bits per heavy atom. The van der Waals surface area contributed by atoms with Gasteiger partial charge in [-0.25, -0.2) is 17.5 Å². The fourth-order valence-corrected chi connectivity index (χ4v) is 5.04. The summed E-state index contributed by atoms with van der Waals surface area (Å²) in [4.78, 5) is 12.3. The summed E-state index contributed by atoms with van der Waals surface area (Å²) in [7, 11) is -3.06. The number of halogens is 1. The molecule has 1 aromatic carbocycles. The molecule has 1 aliphatic rings. The van der Waals surface area contributed by atoms with Crippen LogP contribution < -0.4 is 11.2 Å². The van der Waals surface area contributed by atoms with Crippen molar-refractivity contribution in [3.8, 4) is 11.4 Å². The second-order valence-electron chi connectivity index (χ2n) is 6.05. The third kappa shape index (κ3) is 4.15. The van der Waals surface area contributed by atoms with Crippen LogP contribution in [-0.4, -0.2) is 52.0 Å². The molecule has 1 aliphatic heterocycles. The minimum atomic E-state index is -3.06. The lowest BCUT2D eigenvalue weighted by Crippen LogP contribution is -2.40. The standard InChI is InChI=1S/C15H18FN5O3S2/c1-9(14(22)18-12-6-7-26(23,24)8-12)25-15-20-19-13(21(15)17)10-2-4-11(16)5-3-10/h2-5,9,12H,6-8,17H2,1H3,(H,18,22)/t9-,12-/m0/s1. The van der Waals surface area contributed by atoms with Crippen molar-refractivity contribution in [1.29, 1.82) is 0 Å². The molecule has 0 bridgehead atoms. The molecule has 0 unspecified atom stereocenters. The molecule has 0 spiro atoms. The van der Waals surface area contributed by atoms with Crippen LogP contribution in [-0.2, 0) is 14.6 Å². The Labute approximate surface area is 154 Å². The summed E-state index contributed by atoms with van der Waals surface area (Å²) in [6, 6.07) is 5.30. The van der Waals surface area contributed by atoms with Gasteiger partial charge in [-0.2, -0.15) is 0 Å². The number of nitrogen functional groups attached to an aromatic ring is 1. The lowest BCUT2D eigenvalue weighted by Gasteiger charge is -2.15. The van der Waals surface area contributed by atoms with E-state index in [0.29, 0.717) is 23.0 Å². The molecular weight excluding hydrogens is 381 g/mol. The highest BCUT2D eigenvalue weighted by molar-refractivity contribution is 8.00. The highest BCUT2D eigenvalue weighted by atomic mass is 32.2.